The van der Waals surface area contributed by atoms with Gasteiger partial charge in [0.05, 0.1) is 16.7 Å². The molecule has 0 radical (unpaired) electrons. The summed E-state index contributed by atoms with van der Waals surface area (Å²) >= 11 is 0. The Balaban J connectivity index is 1.37. The smallest absolute Gasteiger partial charge is 0.150 e. The van der Waals surface area contributed by atoms with E-state index >= 15 is 0 Å². The van der Waals surface area contributed by atoms with Crippen LogP contribution in [0.25, 0.3) is 11.0 Å². The van der Waals surface area contributed by atoms with E-state index in [1.54, 1.807) is 6.33 Å². The molecule has 2 unspecified atom stereocenters. The molecular formula is C20H22N6. The molecule has 2 aliphatic rings. The summed E-state index contributed by atoms with van der Waals surface area (Å²) in [4.78, 5) is 23.1. The van der Waals surface area contributed by atoms with Crippen LogP contribution in [0.3, 0.4) is 0 Å². The van der Waals surface area contributed by atoms with Crippen LogP contribution in [0.15, 0.2) is 36.8 Å². The summed E-state index contributed by atoms with van der Waals surface area (Å²) in [6.07, 6.45) is 3.55. The van der Waals surface area contributed by atoms with E-state index in [2.05, 4.69) is 33.6 Å². The number of benzene rings is 1. The molecule has 0 N–H and O–H groups in total. The van der Waals surface area contributed by atoms with Gasteiger partial charge in [-0.2, -0.15) is 0 Å². The Morgan fingerprint density at radius 3 is 2.12 bits per heavy atom. The number of fused-ring (bicyclic) bond motifs is 2. The molecule has 132 valence electrons. The summed E-state index contributed by atoms with van der Waals surface area (Å²) < 4.78 is 0. The molecule has 2 atom stereocenters. The van der Waals surface area contributed by atoms with Crippen LogP contribution in [0.4, 0.5) is 11.6 Å². The molecule has 0 saturated carbocycles. The summed E-state index contributed by atoms with van der Waals surface area (Å²) in [6, 6.07) is 8.11. The van der Waals surface area contributed by atoms with Crippen LogP contribution in [0, 0.1) is 25.7 Å². The third-order valence-corrected chi connectivity index (χ3v) is 5.67. The van der Waals surface area contributed by atoms with Gasteiger partial charge in [-0.1, -0.05) is 12.1 Å². The Morgan fingerprint density at radius 1 is 0.846 bits per heavy atom. The quantitative estimate of drug-likeness (QED) is 0.711. The van der Waals surface area contributed by atoms with Gasteiger partial charge in [0.25, 0.3) is 0 Å². The molecule has 5 rings (SSSR count). The fraction of sp³-hybridized carbons (Fsp3) is 0.400. The normalized spacial score (nSPS) is 22.2. The highest BCUT2D eigenvalue weighted by atomic mass is 15.3. The van der Waals surface area contributed by atoms with E-state index in [0.29, 0.717) is 11.8 Å². The number of para-hydroxylation sites is 2. The third kappa shape index (κ3) is 2.48. The number of aromatic nitrogens is 4. The molecule has 26 heavy (non-hydrogen) atoms. The van der Waals surface area contributed by atoms with Crippen molar-refractivity contribution in [2.75, 3.05) is 36.0 Å². The minimum absolute atomic E-state index is 0.650. The molecule has 0 amide bonds. The predicted molar refractivity (Wildman–Crippen MR) is 102 cm³/mol. The van der Waals surface area contributed by atoms with E-state index < -0.39 is 0 Å². The number of anilines is 2. The van der Waals surface area contributed by atoms with Crippen molar-refractivity contribution in [3.8, 4) is 0 Å². The summed E-state index contributed by atoms with van der Waals surface area (Å²) in [5.74, 6) is 3.43. The van der Waals surface area contributed by atoms with Crippen LogP contribution in [-0.2, 0) is 0 Å². The molecule has 1 aromatic carbocycles. The Bertz CT molecular complexity index is 957. The van der Waals surface area contributed by atoms with E-state index in [0.717, 1.165) is 60.1 Å². The summed E-state index contributed by atoms with van der Waals surface area (Å²) in [5, 5.41) is 0. The lowest BCUT2D eigenvalue weighted by molar-refractivity contribution is 0.533. The van der Waals surface area contributed by atoms with Crippen molar-refractivity contribution < 1.29 is 0 Å². The lowest BCUT2D eigenvalue weighted by Gasteiger charge is -2.24. The Morgan fingerprint density at radius 2 is 1.46 bits per heavy atom. The minimum atomic E-state index is 0.650. The van der Waals surface area contributed by atoms with Crippen LogP contribution in [-0.4, -0.2) is 46.1 Å². The van der Waals surface area contributed by atoms with Crippen molar-refractivity contribution in [2.24, 2.45) is 11.8 Å². The Kier molecular flexibility index (Phi) is 3.51. The first-order chi connectivity index (χ1) is 12.7. The van der Waals surface area contributed by atoms with Crippen molar-refractivity contribution in [1.29, 1.82) is 0 Å². The predicted octanol–water partition coefficient (Wildman–Crippen LogP) is 2.61. The van der Waals surface area contributed by atoms with E-state index in [4.69, 9.17) is 9.97 Å². The maximum absolute atomic E-state index is 4.90. The molecule has 4 heterocycles. The van der Waals surface area contributed by atoms with Crippen molar-refractivity contribution >= 4 is 22.7 Å². The van der Waals surface area contributed by atoms with Gasteiger partial charge in [-0.3, -0.25) is 0 Å². The van der Waals surface area contributed by atoms with E-state index in [-0.39, 0.29) is 0 Å². The topological polar surface area (TPSA) is 58.0 Å². The molecular weight excluding hydrogens is 324 g/mol. The van der Waals surface area contributed by atoms with Gasteiger partial charge in [0.15, 0.2) is 5.82 Å². The second-order valence-corrected chi connectivity index (χ2v) is 7.48. The average Bonchev–Trinajstić information content (AvgIpc) is 3.20. The molecule has 6 heteroatoms. The fourth-order valence-corrected chi connectivity index (χ4v) is 4.44. The lowest BCUT2D eigenvalue weighted by Crippen LogP contribution is -2.30. The van der Waals surface area contributed by atoms with E-state index in [1.165, 1.54) is 0 Å². The highest BCUT2D eigenvalue weighted by Gasteiger charge is 2.41. The van der Waals surface area contributed by atoms with Crippen LogP contribution in [0.2, 0.25) is 0 Å². The van der Waals surface area contributed by atoms with Gasteiger partial charge in [0.2, 0.25) is 0 Å². The highest BCUT2D eigenvalue weighted by molar-refractivity contribution is 5.76. The summed E-state index contributed by atoms with van der Waals surface area (Å²) in [6.45, 7) is 8.35. The first-order valence-corrected chi connectivity index (χ1v) is 9.19. The average molecular weight is 346 g/mol. The number of aryl methyl sites for hydroxylation is 2. The van der Waals surface area contributed by atoms with Crippen molar-refractivity contribution in [3.05, 3.63) is 48.0 Å². The van der Waals surface area contributed by atoms with Gasteiger partial charge in [-0.15, -0.1) is 0 Å². The van der Waals surface area contributed by atoms with Gasteiger partial charge < -0.3 is 9.80 Å². The molecule has 2 aliphatic heterocycles. The molecule has 2 fully saturated rings. The zero-order valence-corrected chi connectivity index (χ0v) is 15.1. The lowest BCUT2D eigenvalue weighted by atomic mass is 10.0. The Labute approximate surface area is 152 Å². The van der Waals surface area contributed by atoms with Crippen LogP contribution in [0.1, 0.15) is 11.3 Å². The van der Waals surface area contributed by atoms with Gasteiger partial charge in [0.1, 0.15) is 12.1 Å². The van der Waals surface area contributed by atoms with Crippen molar-refractivity contribution in [2.45, 2.75) is 13.8 Å². The first-order valence-electron chi connectivity index (χ1n) is 9.19. The van der Waals surface area contributed by atoms with E-state index in [1.807, 2.05) is 30.5 Å². The highest BCUT2D eigenvalue weighted by Crippen LogP contribution is 2.36. The monoisotopic (exact) mass is 346 g/mol. The zero-order chi connectivity index (χ0) is 17.7. The zero-order valence-electron chi connectivity index (χ0n) is 15.1. The molecule has 2 saturated heterocycles. The van der Waals surface area contributed by atoms with Crippen molar-refractivity contribution in [1.82, 2.24) is 19.9 Å². The number of hydrogen-bond donors (Lipinski definition) is 0. The number of rotatable bonds is 2. The Hall–Kier alpha value is -2.76. The second-order valence-electron chi connectivity index (χ2n) is 7.48. The SMILES string of the molecule is Cc1cncnc1N1CC2CN(c3nc4ccccc4nc3C)CC2C1. The molecule has 6 nitrogen and oxygen atoms in total. The minimum Gasteiger partial charge on any atom is -0.356 e. The summed E-state index contributed by atoms with van der Waals surface area (Å²) in [5.41, 5.74) is 4.12. The largest absolute Gasteiger partial charge is 0.356 e. The maximum atomic E-state index is 4.90. The third-order valence-electron chi connectivity index (χ3n) is 5.67. The molecule has 3 aromatic rings. The molecule has 0 aliphatic carbocycles. The van der Waals surface area contributed by atoms with Crippen molar-refractivity contribution in [3.63, 3.8) is 0 Å². The molecule has 0 spiro atoms. The maximum Gasteiger partial charge on any atom is 0.150 e. The first kappa shape index (κ1) is 15.5. The van der Waals surface area contributed by atoms with Gasteiger partial charge >= 0.3 is 0 Å². The van der Waals surface area contributed by atoms with Gasteiger partial charge in [-0.05, 0) is 26.0 Å². The van der Waals surface area contributed by atoms with Crippen LogP contribution in [0.5, 0.6) is 0 Å². The second kappa shape index (κ2) is 5.90. The van der Waals surface area contributed by atoms with Gasteiger partial charge in [0, 0.05) is 49.8 Å². The number of nitrogens with zero attached hydrogens (tertiary/aromatic N) is 6. The number of hydrogen-bond acceptors (Lipinski definition) is 6. The standard InChI is InChI=1S/C20H22N6/c1-13-7-21-12-22-19(13)25-8-15-10-26(11-16(15)9-25)20-14(2)23-17-5-3-4-6-18(17)24-20/h3-7,12,15-16H,8-11H2,1-2H3. The van der Waals surface area contributed by atoms with Crippen LogP contribution < -0.4 is 9.80 Å². The molecule has 2 aromatic heterocycles. The fourth-order valence-electron chi connectivity index (χ4n) is 4.44. The summed E-state index contributed by atoms with van der Waals surface area (Å²) in [7, 11) is 0. The van der Waals surface area contributed by atoms with Crippen LogP contribution >= 0.6 is 0 Å². The molecule has 0 bridgehead atoms. The van der Waals surface area contributed by atoms with Gasteiger partial charge in [-0.25, -0.2) is 19.9 Å². The van der Waals surface area contributed by atoms with E-state index in [9.17, 15) is 0 Å².